The second-order valence-corrected chi connectivity index (χ2v) is 5.74. The summed E-state index contributed by atoms with van der Waals surface area (Å²) in [6, 6.07) is 17.8. The first-order valence-corrected chi connectivity index (χ1v) is 8.33. The highest BCUT2D eigenvalue weighted by Gasteiger charge is 2.00. The highest BCUT2D eigenvalue weighted by atomic mass is 16.5. The van der Waals surface area contributed by atoms with Gasteiger partial charge in [-0.1, -0.05) is 24.3 Å². The van der Waals surface area contributed by atoms with Gasteiger partial charge < -0.3 is 15.4 Å². The van der Waals surface area contributed by atoms with Crippen molar-refractivity contribution in [1.82, 2.24) is 5.32 Å². The second-order valence-electron chi connectivity index (χ2n) is 5.74. The normalized spacial score (nSPS) is 10.1. The molecular weight excluding hydrogens is 314 g/mol. The van der Waals surface area contributed by atoms with Crippen LogP contribution in [0.2, 0.25) is 0 Å². The Hall–Kier alpha value is -2.84. The molecular formula is C20H23N3O2. The minimum absolute atomic E-state index is 0.0725. The predicted octanol–water partition coefficient (Wildman–Crippen LogP) is 3.62. The fourth-order valence-electron chi connectivity index (χ4n) is 2.40. The lowest BCUT2D eigenvalue weighted by atomic mass is 10.1. The van der Waals surface area contributed by atoms with Gasteiger partial charge in [0.05, 0.1) is 12.7 Å². The molecule has 0 aliphatic rings. The number of anilines is 1. The molecule has 5 heteroatoms. The summed E-state index contributed by atoms with van der Waals surface area (Å²) in [6.07, 6.45) is 1.25. The van der Waals surface area contributed by atoms with Crippen LogP contribution in [0.5, 0.6) is 5.75 Å². The van der Waals surface area contributed by atoms with Crippen molar-refractivity contribution in [2.45, 2.75) is 32.9 Å². The number of ether oxygens (including phenoxy) is 1. The summed E-state index contributed by atoms with van der Waals surface area (Å²) in [5, 5.41) is 14.7. The lowest BCUT2D eigenvalue weighted by Gasteiger charge is -2.09. The standard InChI is InChI=1S/C20H23N3O2/c1-16(24)23-19-8-4-6-17(12-19)14-22-15-18-7-5-9-20(13-18)25-11-3-2-10-21/h4-9,12-13,22H,2-3,11,14-15H2,1H3,(H,23,24). The molecule has 0 aromatic heterocycles. The zero-order valence-electron chi connectivity index (χ0n) is 14.4. The van der Waals surface area contributed by atoms with E-state index in [1.807, 2.05) is 48.5 Å². The van der Waals surface area contributed by atoms with Crippen molar-refractivity contribution in [3.05, 3.63) is 59.7 Å². The SMILES string of the molecule is CC(=O)Nc1cccc(CNCc2cccc(OCCCC#N)c2)c1. The number of hydrogen-bond acceptors (Lipinski definition) is 4. The van der Waals surface area contributed by atoms with E-state index in [-0.39, 0.29) is 5.91 Å². The minimum atomic E-state index is -0.0725. The first kappa shape index (κ1) is 18.5. The number of carbonyl (C=O) groups excluding carboxylic acids is 1. The topological polar surface area (TPSA) is 74.2 Å². The number of carbonyl (C=O) groups is 1. The van der Waals surface area contributed by atoms with Crippen molar-refractivity contribution < 1.29 is 9.53 Å². The molecule has 0 spiro atoms. The molecule has 2 rings (SSSR count). The summed E-state index contributed by atoms with van der Waals surface area (Å²) in [6.45, 7) is 3.49. The van der Waals surface area contributed by atoms with Crippen molar-refractivity contribution in [3.8, 4) is 11.8 Å². The Morgan fingerprint density at radius 2 is 1.84 bits per heavy atom. The molecule has 0 aliphatic heterocycles. The molecule has 0 unspecified atom stereocenters. The fraction of sp³-hybridized carbons (Fsp3) is 0.300. The maximum absolute atomic E-state index is 11.1. The van der Waals surface area contributed by atoms with Crippen LogP contribution in [-0.2, 0) is 17.9 Å². The van der Waals surface area contributed by atoms with E-state index in [0.29, 0.717) is 19.6 Å². The van der Waals surface area contributed by atoms with Gasteiger partial charge in [-0.3, -0.25) is 4.79 Å². The molecule has 0 radical (unpaired) electrons. The molecule has 2 aromatic carbocycles. The van der Waals surface area contributed by atoms with Crippen molar-refractivity contribution in [2.24, 2.45) is 0 Å². The second kappa shape index (κ2) is 10.1. The average Bonchev–Trinajstić information content (AvgIpc) is 2.59. The molecule has 1 amide bonds. The van der Waals surface area contributed by atoms with Gasteiger partial charge in [0.1, 0.15) is 5.75 Å². The molecule has 0 atom stereocenters. The van der Waals surface area contributed by atoms with Gasteiger partial charge in [0.2, 0.25) is 5.91 Å². The summed E-state index contributed by atoms with van der Waals surface area (Å²) in [7, 11) is 0. The number of hydrogen-bond donors (Lipinski definition) is 2. The Bertz CT molecular complexity index is 738. The Labute approximate surface area is 148 Å². The largest absolute Gasteiger partial charge is 0.494 e. The predicted molar refractivity (Wildman–Crippen MR) is 98.1 cm³/mol. The highest BCUT2D eigenvalue weighted by molar-refractivity contribution is 5.88. The molecule has 0 fully saturated rings. The number of benzene rings is 2. The first-order chi connectivity index (χ1) is 12.2. The minimum Gasteiger partial charge on any atom is -0.494 e. The Balaban J connectivity index is 1.81. The van der Waals surface area contributed by atoms with Crippen LogP contribution in [0.25, 0.3) is 0 Å². The Kier molecular flexibility index (Phi) is 7.48. The van der Waals surface area contributed by atoms with Crippen LogP contribution < -0.4 is 15.4 Å². The van der Waals surface area contributed by atoms with Crippen LogP contribution >= 0.6 is 0 Å². The van der Waals surface area contributed by atoms with E-state index in [9.17, 15) is 4.79 Å². The molecule has 0 bridgehead atoms. The van der Waals surface area contributed by atoms with E-state index in [2.05, 4.69) is 16.7 Å². The third-order valence-electron chi connectivity index (χ3n) is 3.51. The summed E-state index contributed by atoms with van der Waals surface area (Å²) >= 11 is 0. The maximum Gasteiger partial charge on any atom is 0.221 e. The number of nitrogens with one attached hydrogen (secondary N) is 2. The maximum atomic E-state index is 11.1. The Morgan fingerprint density at radius 3 is 2.56 bits per heavy atom. The summed E-state index contributed by atoms with van der Waals surface area (Å²) in [5.41, 5.74) is 3.05. The molecule has 2 N–H and O–H groups in total. The number of nitriles is 1. The number of nitrogens with zero attached hydrogens (tertiary/aromatic N) is 1. The number of rotatable bonds is 9. The quantitative estimate of drug-likeness (QED) is 0.685. The zero-order chi connectivity index (χ0) is 17.9. The van der Waals surface area contributed by atoms with Gasteiger partial charge in [-0.05, 0) is 41.8 Å². The van der Waals surface area contributed by atoms with Crippen LogP contribution in [0.1, 0.15) is 30.9 Å². The lowest BCUT2D eigenvalue weighted by Crippen LogP contribution is -2.13. The van der Waals surface area contributed by atoms with Crippen molar-refractivity contribution in [2.75, 3.05) is 11.9 Å². The summed E-state index contributed by atoms with van der Waals surface area (Å²) < 4.78 is 5.65. The van der Waals surface area contributed by atoms with E-state index in [4.69, 9.17) is 10.00 Å². The van der Waals surface area contributed by atoms with Gasteiger partial charge in [0.15, 0.2) is 0 Å². The van der Waals surface area contributed by atoms with Crippen molar-refractivity contribution in [1.29, 1.82) is 5.26 Å². The molecule has 0 aliphatic carbocycles. The zero-order valence-corrected chi connectivity index (χ0v) is 14.4. The lowest BCUT2D eigenvalue weighted by molar-refractivity contribution is -0.114. The van der Waals surface area contributed by atoms with Gasteiger partial charge in [-0.2, -0.15) is 5.26 Å². The number of unbranched alkanes of at least 4 members (excludes halogenated alkanes) is 1. The molecule has 0 heterocycles. The smallest absolute Gasteiger partial charge is 0.221 e. The van der Waals surface area contributed by atoms with Crippen LogP contribution in [0.4, 0.5) is 5.69 Å². The summed E-state index contributed by atoms with van der Waals surface area (Å²) in [5.74, 6) is 0.751. The molecule has 0 saturated carbocycles. The van der Waals surface area contributed by atoms with E-state index in [1.54, 1.807) is 0 Å². The molecule has 5 nitrogen and oxygen atoms in total. The van der Waals surface area contributed by atoms with E-state index in [1.165, 1.54) is 6.92 Å². The molecule has 130 valence electrons. The van der Waals surface area contributed by atoms with Crippen LogP contribution in [0.3, 0.4) is 0 Å². The van der Waals surface area contributed by atoms with Crippen LogP contribution in [0, 0.1) is 11.3 Å². The van der Waals surface area contributed by atoms with Gasteiger partial charge >= 0.3 is 0 Å². The molecule has 0 saturated heterocycles. The van der Waals surface area contributed by atoms with Crippen molar-refractivity contribution in [3.63, 3.8) is 0 Å². The van der Waals surface area contributed by atoms with Gasteiger partial charge in [0.25, 0.3) is 0 Å². The molecule has 25 heavy (non-hydrogen) atoms. The van der Waals surface area contributed by atoms with Crippen LogP contribution in [-0.4, -0.2) is 12.5 Å². The fourth-order valence-corrected chi connectivity index (χ4v) is 2.40. The van der Waals surface area contributed by atoms with Gasteiger partial charge in [0, 0.05) is 32.1 Å². The average molecular weight is 337 g/mol. The van der Waals surface area contributed by atoms with Gasteiger partial charge in [-0.15, -0.1) is 0 Å². The third kappa shape index (κ3) is 7.06. The van der Waals surface area contributed by atoms with Crippen LogP contribution in [0.15, 0.2) is 48.5 Å². The first-order valence-electron chi connectivity index (χ1n) is 8.33. The van der Waals surface area contributed by atoms with Gasteiger partial charge in [-0.25, -0.2) is 0 Å². The monoisotopic (exact) mass is 337 g/mol. The molecule has 2 aromatic rings. The van der Waals surface area contributed by atoms with E-state index in [0.717, 1.165) is 35.5 Å². The third-order valence-corrected chi connectivity index (χ3v) is 3.51. The Morgan fingerprint density at radius 1 is 1.12 bits per heavy atom. The highest BCUT2D eigenvalue weighted by Crippen LogP contribution is 2.14. The van der Waals surface area contributed by atoms with Crippen molar-refractivity contribution >= 4 is 11.6 Å². The summed E-state index contributed by atoms with van der Waals surface area (Å²) in [4.78, 5) is 11.1. The van der Waals surface area contributed by atoms with E-state index >= 15 is 0 Å². The van der Waals surface area contributed by atoms with E-state index < -0.39 is 0 Å². The number of amides is 1.